The monoisotopic (exact) mass is 342 g/mol. The Bertz CT molecular complexity index is 807. The molecule has 0 aliphatic rings. The Morgan fingerprint density at radius 3 is 2.36 bits per heavy atom. The van der Waals surface area contributed by atoms with Gasteiger partial charge in [-0.2, -0.15) is 0 Å². The Morgan fingerprint density at radius 2 is 1.77 bits per heavy atom. The van der Waals surface area contributed by atoms with E-state index < -0.39 is 21.7 Å². The van der Waals surface area contributed by atoms with E-state index in [1.165, 1.54) is 30.3 Å². The molecule has 0 aliphatic heterocycles. The summed E-state index contributed by atoms with van der Waals surface area (Å²) in [5, 5.41) is 0.409. The molecule has 0 aromatic heterocycles. The van der Waals surface area contributed by atoms with E-state index in [4.69, 9.17) is 11.6 Å². The lowest BCUT2D eigenvalue weighted by atomic mass is 10.2. The Labute approximate surface area is 132 Å². The minimum absolute atomic E-state index is 0.00342. The molecule has 0 spiro atoms. The average molecular weight is 343 g/mol. The van der Waals surface area contributed by atoms with Crippen LogP contribution in [0.3, 0.4) is 0 Å². The number of rotatable bonds is 4. The lowest BCUT2D eigenvalue weighted by Crippen LogP contribution is -2.41. The van der Waals surface area contributed by atoms with Crippen molar-refractivity contribution in [2.24, 2.45) is 0 Å². The fraction of sp³-hybridized carbons (Fsp3) is 0.0714. The highest BCUT2D eigenvalue weighted by Crippen LogP contribution is 2.19. The number of sulfonamides is 1. The van der Waals surface area contributed by atoms with Crippen LogP contribution in [-0.2, 0) is 10.0 Å². The fourth-order valence-corrected chi connectivity index (χ4v) is 3.05. The first-order valence-electron chi connectivity index (χ1n) is 6.13. The van der Waals surface area contributed by atoms with E-state index in [1.807, 2.05) is 4.83 Å². The summed E-state index contributed by atoms with van der Waals surface area (Å²) in [7, 11) is -3.93. The molecule has 0 radical (unpaired) electrons. The van der Waals surface area contributed by atoms with Crippen LogP contribution >= 0.6 is 11.6 Å². The predicted octanol–water partition coefficient (Wildman–Crippen LogP) is 2.41. The van der Waals surface area contributed by atoms with Gasteiger partial charge in [0.05, 0.1) is 4.90 Å². The van der Waals surface area contributed by atoms with Crippen molar-refractivity contribution in [3.8, 4) is 0 Å². The van der Waals surface area contributed by atoms with E-state index in [0.29, 0.717) is 10.6 Å². The molecule has 1 amide bonds. The summed E-state index contributed by atoms with van der Waals surface area (Å²) in [6, 6.07) is 8.96. The van der Waals surface area contributed by atoms with Crippen molar-refractivity contribution >= 4 is 27.5 Å². The van der Waals surface area contributed by atoms with E-state index in [1.54, 1.807) is 6.92 Å². The minimum atomic E-state index is -3.93. The van der Waals surface area contributed by atoms with Gasteiger partial charge in [0.2, 0.25) is 0 Å². The summed E-state index contributed by atoms with van der Waals surface area (Å²) in [4.78, 5) is 13.8. The maximum Gasteiger partial charge on any atom is 0.266 e. The first-order chi connectivity index (χ1) is 10.3. The lowest BCUT2D eigenvalue weighted by molar-refractivity contribution is 0.0945. The average Bonchev–Trinajstić information content (AvgIpc) is 2.45. The van der Waals surface area contributed by atoms with Crippen LogP contribution in [-0.4, -0.2) is 14.3 Å². The van der Waals surface area contributed by atoms with Crippen LogP contribution in [0.1, 0.15) is 15.9 Å². The van der Waals surface area contributed by atoms with Crippen molar-refractivity contribution in [1.82, 2.24) is 10.3 Å². The van der Waals surface area contributed by atoms with Crippen molar-refractivity contribution in [3.63, 3.8) is 0 Å². The van der Waals surface area contributed by atoms with Gasteiger partial charge in [-0.25, -0.2) is 12.8 Å². The Hall–Kier alpha value is -1.96. The van der Waals surface area contributed by atoms with Crippen LogP contribution in [0, 0.1) is 12.7 Å². The number of carbonyl (C=O) groups is 1. The summed E-state index contributed by atoms with van der Waals surface area (Å²) >= 11 is 5.77. The van der Waals surface area contributed by atoms with Crippen molar-refractivity contribution < 1.29 is 17.6 Å². The Balaban J connectivity index is 2.12. The molecule has 0 bridgehead atoms. The molecule has 0 saturated carbocycles. The molecule has 0 atom stereocenters. The molecule has 2 rings (SSSR count). The van der Waals surface area contributed by atoms with Gasteiger partial charge in [-0.15, -0.1) is 4.83 Å². The first-order valence-corrected chi connectivity index (χ1v) is 7.99. The van der Waals surface area contributed by atoms with Crippen molar-refractivity contribution in [1.29, 1.82) is 0 Å². The highest BCUT2D eigenvalue weighted by atomic mass is 35.5. The van der Waals surface area contributed by atoms with Crippen LogP contribution in [0.5, 0.6) is 0 Å². The van der Waals surface area contributed by atoms with Gasteiger partial charge >= 0.3 is 0 Å². The van der Waals surface area contributed by atoms with Crippen LogP contribution < -0.4 is 10.3 Å². The summed E-state index contributed by atoms with van der Waals surface area (Å²) in [6.45, 7) is 1.59. The van der Waals surface area contributed by atoms with E-state index >= 15 is 0 Å². The smallest absolute Gasteiger partial charge is 0.266 e. The van der Waals surface area contributed by atoms with Crippen molar-refractivity contribution in [2.45, 2.75) is 11.8 Å². The molecular formula is C14H12ClFN2O3S. The third-order valence-corrected chi connectivity index (χ3v) is 4.47. The first kappa shape index (κ1) is 16.4. The van der Waals surface area contributed by atoms with Gasteiger partial charge in [-0.1, -0.05) is 11.6 Å². The fourth-order valence-electron chi connectivity index (χ4n) is 1.76. The summed E-state index contributed by atoms with van der Waals surface area (Å²) in [6.07, 6.45) is 0. The van der Waals surface area contributed by atoms with Gasteiger partial charge in [0, 0.05) is 10.6 Å². The zero-order chi connectivity index (χ0) is 16.3. The minimum Gasteiger partial charge on any atom is -0.273 e. The second-order valence-electron chi connectivity index (χ2n) is 4.48. The van der Waals surface area contributed by atoms with Gasteiger partial charge in [-0.05, 0) is 55.0 Å². The largest absolute Gasteiger partial charge is 0.273 e. The molecule has 0 saturated heterocycles. The van der Waals surface area contributed by atoms with Gasteiger partial charge in [-0.3, -0.25) is 10.2 Å². The topological polar surface area (TPSA) is 75.3 Å². The van der Waals surface area contributed by atoms with Gasteiger partial charge in [0.1, 0.15) is 5.82 Å². The van der Waals surface area contributed by atoms with Crippen molar-refractivity contribution in [2.75, 3.05) is 0 Å². The van der Waals surface area contributed by atoms with E-state index in [2.05, 4.69) is 5.43 Å². The zero-order valence-corrected chi connectivity index (χ0v) is 13.0. The normalized spacial score (nSPS) is 11.2. The molecule has 0 unspecified atom stereocenters. The number of amides is 1. The lowest BCUT2D eigenvalue weighted by Gasteiger charge is -2.10. The highest BCUT2D eigenvalue weighted by molar-refractivity contribution is 7.89. The van der Waals surface area contributed by atoms with Crippen molar-refractivity contribution in [3.05, 3.63) is 64.4 Å². The number of hydrazine groups is 1. The third-order valence-electron chi connectivity index (χ3n) is 2.83. The highest BCUT2D eigenvalue weighted by Gasteiger charge is 2.18. The van der Waals surface area contributed by atoms with E-state index in [-0.39, 0.29) is 10.5 Å². The van der Waals surface area contributed by atoms with E-state index in [9.17, 15) is 17.6 Å². The summed E-state index contributed by atoms with van der Waals surface area (Å²) in [5.74, 6) is -1.19. The Kier molecular flexibility index (Phi) is 4.80. The molecule has 0 aliphatic carbocycles. The van der Waals surface area contributed by atoms with Crippen LogP contribution in [0.15, 0.2) is 47.4 Å². The molecule has 2 aromatic rings. The second kappa shape index (κ2) is 6.43. The summed E-state index contributed by atoms with van der Waals surface area (Å²) < 4.78 is 37.0. The zero-order valence-electron chi connectivity index (χ0n) is 11.4. The number of benzene rings is 2. The molecule has 8 heteroatoms. The molecule has 5 nitrogen and oxygen atoms in total. The van der Waals surface area contributed by atoms with Gasteiger partial charge in [0.15, 0.2) is 0 Å². The SMILES string of the molecule is Cc1cc(Cl)ccc1S(=O)(=O)NNC(=O)c1ccc(F)cc1. The molecule has 0 fully saturated rings. The third kappa shape index (κ3) is 3.82. The number of hydrogen-bond acceptors (Lipinski definition) is 3. The molecule has 2 aromatic carbocycles. The number of carbonyl (C=O) groups excluding carboxylic acids is 1. The molecule has 0 heterocycles. The molecule has 116 valence electrons. The van der Waals surface area contributed by atoms with Crippen LogP contribution in [0.2, 0.25) is 5.02 Å². The maximum atomic E-state index is 12.8. The molecule has 2 N–H and O–H groups in total. The quantitative estimate of drug-likeness (QED) is 0.838. The predicted molar refractivity (Wildman–Crippen MR) is 80.4 cm³/mol. The summed E-state index contributed by atoms with van der Waals surface area (Å²) in [5.41, 5.74) is 2.63. The number of aryl methyl sites for hydroxylation is 1. The molecular weight excluding hydrogens is 331 g/mol. The number of nitrogens with one attached hydrogen (secondary N) is 2. The second-order valence-corrected chi connectivity index (χ2v) is 6.56. The van der Waals surface area contributed by atoms with Gasteiger partial charge < -0.3 is 0 Å². The van der Waals surface area contributed by atoms with Crippen LogP contribution in [0.25, 0.3) is 0 Å². The standard InChI is InChI=1S/C14H12ClFN2O3S/c1-9-8-11(15)4-7-13(9)22(20,21)18-17-14(19)10-2-5-12(16)6-3-10/h2-8,18H,1H3,(H,17,19). The van der Waals surface area contributed by atoms with Gasteiger partial charge in [0.25, 0.3) is 15.9 Å². The Morgan fingerprint density at radius 1 is 1.14 bits per heavy atom. The maximum absolute atomic E-state index is 12.8. The van der Waals surface area contributed by atoms with E-state index in [0.717, 1.165) is 12.1 Å². The number of halogens is 2. The van der Waals surface area contributed by atoms with Crippen LogP contribution in [0.4, 0.5) is 4.39 Å². The number of hydrogen-bond donors (Lipinski definition) is 2. The molecule has 22 heavy (non-hydrogen) atoms.